The van der Waals surface area contributed by atoms with Gasteiger partial charge in [-0.2, -0.15) is 0 Å². The molecule has 122 valence electrons. The number of carbonyl (C=O) groups is 1. The molecule has 3 aromatic rings. The van der Waals surface area contributed by atoms with Crippen LogP contribution in [0.1, 0.15) is 16.2 Å². The summed E-state index contributed by atoms with van der Waals surface area (Å²) in [6, 6.07) is 7.23. The van der Waals surface area contributed by atoms with Gasteiger partial charge in [0.05, 0.1) is 21.2 Å². The van der Waals surface area contributed by atoms with E-state index in [-0.39, 0.29) is 34.1 Å². The third-order valence-corrected chi connectivity index (χ3v) is 3.57. The van der Waals surface area contributed by atoms with Crippen LogP contribution < -0.4 is 0 Å². The third-order valence-electron chi connectivity index (χ3n) is 2.90. The molecule has 0 atom stereocenters. The fourth-order valence-corrected chi connectivity index (χ4v) is 2.19. The van der Waals surface area contributed by atoms with Crippen molar-refractivity contribution < 1.29 is 23.3 Å². The van der Waals surface area contributed by atoms with Crippen LogP contribution in [0.2, 0.25) is 0 Å². The van der Waals surface area contributed by atoms with Crippen molar-refractivity contribution in [2.75, 3.05) is 0 Å². The molecule has 0 aliphatic heterocycles. The van der Waals surface area contributed by atoms with E-state index in [0.717, 1.165) is 6.07 Å². The molecule has 0 bridgehead atoms. The normalized spacial score (nSPS) is 10.5. The van der Waals surface area contributed by atoms with Crippen LogP contribution in [0.25, 0.3) is 11.7 Å². The first-order chi connectivity index (χ1) is 11.5. The average molecular weight is 394 g/mol. The number of benzene rings is 1. The van der Waals surface area contributed by atoms with Crippen LogP contribution in [0.15, 0.2) is 49.9 Å². The first kappa shape index (κ1) is 15.9. The monoisotopic (exact) mass is 393 g/mol. The molecule has 0 fully saturated rings. The number of rotatable bonds is 5. The summed E-state index contributed by atoms with van der Waals surface area (Å²) in [7, 11) is 0. The van der Waals surface area contributed by atoms with Gasteiger partial charge in [-0.05, 0) is 40.2 Å². The average Bonchev–Trinajstić information content (AvgIpc) is 3.24. The molecule has 2 aromatic heterocycles. The number of nitro groups is 1. The van der Waals surface area contributed by atoms with Crippen LogP contribution in [0.3, 0.4) is 0 Å². The molecular weight excluding hydrogens is 386 g/mol. The number of furan rings is 1. The van der Waals surface area contributed by atoms with Crippen LogP contribution in [-0.2, 0) is 11.3 Å². The van der Waals surface area contributed by atoms with Gasteiger partial charge in [-0.15, -0.1) is 10.2 Å². The van der Waals surface area contributed by atoms with Gasteiger partial charge in [0.1, 0.15) is 0 Å². The van der Waals surface area contributed by atoms with Crippen molar-refractivity contribution in [2.45, 2.75) is 6.61 Å². The zero-order chi connectivity index (χ0) is 17.1. The Balaban J connectivity index is 1.68. The number of aromatic nitrogens is 2. The summed E-state index contributed by atoms with van der Waals surface area (Å²) in [4.78, 5) is 22.2. The molecule has 2 heterocycles. The van der Waals surface area contributed by atoms with Gasteiger partial charge in [-0.25, -0.2) is 4.79 Å². The Bertz CT molecular complexity index is 890. The lowest BCUT2D eigenvalue weighted by Crippen LogP contribution is -2.06. The van der Waals surface area contributed by atoms with E-state index in [2.05, 4.69) is 26.1 Å². The third kappa shape index (κ3) is 3.33. The number of halogens is 1. The predicted octanol–water partition coefficient (Wildman–Crippen LogP) is 3.36. The molecule has 0 unspecified atom stereocenters. The molecule has 0 radical (unpaired) electrons. The number of nitrogens with zero attached hydrogens (tertiary/aromatic N) is 3. The lowest BCUT2D eigenvalue weighted by molar-refractivity contribution is -0.385. The quantitative estimate of drug-likeness (QED) is 0.367. The van der Waals surface area contributed by atoms with Crippen LogP contribution in [-0.4, -0.2) is 21.1 Å². The first-order valence-electron chi connectivity index (χ1n) is 6.52. The van der Waals surface area contributed by atoms with Gasteiger partial charge in [-0.1, -0.05) is 0 Å². The van der Waals surface area contributed by atoms with Crippen molar-refractivity contribution in [3.8, 4) is 11.7 Å². The zero-order valence-electron chi connectivity index (χ0n) is 11.8. The lowest BCUT2D eigenvalue weighted by Gasteiger charge is -2.03. The Kier molecular flexibility index (Phi) is 4.38. The van der Waals surface area contributed by atoms with Gasteiger partial charge in [0, 0.05) is 6.07 Å². The largest absolute Gasteiger partial charge is 0.459 e. The van der Waals surface area contributed by atoms with Crippen LogP contribution in [0, 0.1) is 10.1 Å². The Hall–Kier alpha value is -3.01. The van der Waals surface area contributed by atoms with E-state index in [0.29, 0.717) is 5.76 Å². The van der Waals surface area contributed by atoms with Gasteiger partial charge in [0.25, 0.3) is 17.5 Å². The fourth-order valence-electron chi connectivity index (χ4n) is 1.80. The maximum atomic E-state index is 12.0. The number of hydrogen-bond donors (Lipinski definition) is 0. The molecule has 9 nitrogen and oxygen atoms in total. The molecule has 0 aliphatic rings. The zero-order valence-corrected chi connectivity index (χ0v) is 13.4. The van der Waals surface area contributed by atoms with Crippen molar-refractivity contribution in [2.24, 2.45) is 0 Å². The molecule has 0 aliphatic carbocycles. The van der Waals surface area contributed by atoms with Gasteiger partial charge in [0.15, 0.2) is 12.4 Å². The first-order valence-corrected chi connectivity index (χ1v) is 7.31. The highest BCUT2D eigenvalue weighted by atomic mass is 79.9. The number of ether oxygens (including phenoxy) is 1. The topological polar surface area (TPSA) is 122 Å². The molecule has 0 N–H and O–H groups in total. The summed E-state index contributed by atoms with van der Waals surface area (Å²) in [5, 5.41) is 18.4. The Morgan fingerprint density at radius 3 is 2.88 bits per heavy atom. The number of hydrogen-bond acceptors (Lipinski definition) is 8. The Labute approximate surface area is 142 Å². The highest BCUT2D eigenvalue weighted by molar-refractivity contribution is 9.10. The second-order valence-electron chi connectivity index (χ2n) is 4.48. The minimum atomic E-state index is -0.747. The second kappa shape index (κ2) is 6.62. The number of esters is 1. The predicted molar refractivity (Wildman–Crippen MR) is 81.9 cm³/mol. The number of nitro benzene ring substituents is 1. The molecule has 3 rings (SSSR count). The molecule has 10 heteroatoms. The highest BCUT2D eigenvalue weighted by Crippen LogP contribution is 2.26. The molecular formula is C14H8BrN3O6. The molecule has 0 spiro atoms. The smallest absolute Gasteiger partial charge is 0.338 e. The van der Waals surface area contributed by atoms with E-state index in [1.807, 2.05) is 0 Å². The van der Waals surface area contributed by atoms with Gasteiger partial charge in [0.2, 0.25) is 0 Å². The van der Waals surface area contributed by atoms with E-state index in [9.17, 15) is 14.9 Å². The van der Waals surface area contributed by atoms with Gasteiger partial charge >= 0.3 is 5.97 Å². The Morgan fingerprint density at radius 2 is 2.17 bits per heavy atom. The van der Waals surface area contributed by atoms with Crippen molar-refractivity contribution in [3.63, 3.8) is 0 Å². The Morgan fingerprint density at radius 1 is 1.33 bits per heavy atom. The van der Waals surface area contributed by atoms with Crippen molar-refractivity contribution >= 4 is 27.6 Å². The van der Waals surface area contributed by atoms with E-state index in [1.165, 1.54) is 18.4 Å². The minimum Gasteiger partial charge on any atom is -0.459 e. The maximum Gasteiger partial charge on any atom is 0.338 e. The molecule has 0 saturated heterocycles. The van der Waals surface area contributed by atoms with Gasteiger partial charge in [-0.3, -0.25) is 10.1 Å². The van der Waals surface area contributed by atoms with Crippen molar-refractivity contribution in [1.29, 1.82) is 0 Å². The van der Waals surface area contributed by atoms with Crippen LogP contribution in [0.5, 0.6) is 0 Å². The fraction of sp³-hybridized carbons (Fsp3) is 0.0714. The molecule has 24 heavy (non-hydrogen) atoms. The van der Waals surface area contributed by atoms with E-state index in [4.69, 9.17) is 13.6 Å². The molecule has 0 saturated carbocycles. The van der Waals surface area contributed by atoms with Crippen LogP contribution >= 0.6 is 15.9 Å². The molecule has 1 aromatic carbocycles. The SMILES string of the molecule is O=C(OCc1nnc(-c2ccco2)o1)c1ccc(Br)c([N+](=O)[O-])c1. The maximum absolute atomic E-state index is 12.0. The molecule has 0 amide bonds. The minimum absolute atomic E-state index is 0.0377. The van der Waals surface area contributed by atoms with Gasteiger partial charge < -0.3 is 13.6 Å². The van der Waals surface area contributed by atoms with E-state index >= 15 is 0 Å². The summed E-state index contributed by atoms with van der Waals surface area (Å²) in [5.41, 5.74) is -0.196. The standard InChI is InChI=1S/C14H8BrN3O6/c15-9-4-3-8(6-10(9)18(20)21)14(19)23-7-12-16-17-13(24-12)11-2-1-5-22-11/h1-6H,7H2. The summed E-state index contributed by atoms with van der Waals surface area (Å²) in [6.07, 6.45) is 1.46. The lowest BCUT2D eigenvalue weighted by atomic mass is 10.2. The summed E-state index contributed by atoms with van der Waals surface area (Å²) in [5.74, 6) is -0.126. The summed E-state index contributed by atoms with van der Waals surface area (Å²) in [6.45, 7) is -0.267. The van der Waals surface area contributed by atoms with Crippen LogP contribution in [0.4, 0.5) is 5.69 Å². The summed E-state index contributed by atoms with van der Waals surface area (Å²) < 4.78 is 15.7. The van der Waals surface area contributed by atoms with E-state index < -0.39 is 10.9 Å². The van der Waals surface area contributed by atoms with E-state index in [1.54, 1.807) is 12.1 Å². The number of carbonyl (C=O) groups excluding carboxylic acids is 1. The summed E-state index contributed by atoms with van der Waals surface area (Å²) >= 11 is 3.04. The highest BCUT2D eigenvalue weighted by Gasteiger charge is 2.18. The second-order valence-corrected chi connectivity index (χ2v) is 5.33. The van der Waals surface area contributed by atoms with Crippen molar-refractivity contribution in [1.82, 2.24) is 10.2 Å². The van der Waals surface area contributed by atoms with Crippen molar-refractivity contribution in [3.05, 3.63) is 62.6 Å².